The predicted octanol–water partition coefficient (Wildman–Crippen LogP) is 1.74. The van der Waals surface area contributed by atoms with Crippen LogP contribution in [0, 0.1) is 0 Å². The van der Waals surface area contributed by atoms with Gasteiger partial charge in [-0.05, 0) is 36.7 Å². The normalized spacial score (nSPS) is 11.0. The molecule has 0 spiro atoms. The third-order valence-corrected chi connectivity index (χ3v) is 3.48. The minimum absolute atomic E-state index is 0.00128. The Kier molecular flexibility index (Phi) is 5.51. The standard InChI is InChI=1S/C16H22N4O/c1-2-19(12-14-6-8-18-9-7-14)10-3-11-20-13-15(17)4-5-16(20)21/h4-9,13H,2-3,10-12,17H2,1H3. The van der Waals surface area contributed by atoms with Crippen molar-refractivity contribution in [3.8, 4) is 0 Å². The molecule has 0 unspecified atom stereocenters. The van der Waals surface area contributed by atoms with Crippen LogP contribution in [0.25, 0.3) is 0 Å². The summed E-state index contributed by atoms with van der Waals surface area (Å²) in [7, 11) is 0. The molecule has 2 heterocycles. The minimum atomic E-state index is 0.00128. The quantitative estimate of drug-likeness (QED) is 0.842. The predicted molar refractivity (Wildman–Crippen MR) is 84.9 cm³/mol. The fourth-order valence-corrected chi connectivity index (χ4v) is 2.28. The average molecular weight is 286 g/mol. The molecule has 0 aromatic carbocycles. The van der Waals surface area contributed by atoms with Crippen LogP contribution >= 0.6 is 0 Å². The molecule has 21 heavy (non-hydrogen) atoms. The molecule has 5 heteroatoms. The lowest BCUT2D eigenvalue weighted by atomic mass is 10.2. The second-order valence-electron chi connectivity index (χ2n) is 5.07. The molecule has 5 nitrogen and oxygen atoms in total. The Morgan fingerprint density at radius 1 is 1.24 bits per heavy atom. The van der Waals surface area contributed by atoms with Gasteiger partial charge in [-0.25, -0.2) is 0 Å². The van der Waals surface area contributed by atoms with E-state index in [1.165, 1.54) is 11.6 Å². The zero-order valence-electron chi connectivity index (χ0n) is 12.4. The molecule has 0 saturated carbocycles. The molecule has 0 radical (unpaired) electrons. The lowest BCUT2D eigenvalue weighted by molar-refractivity contribution is 0.270. The lowest BCUT2D eigenvalue weighted by Gasteiger charge is -2.20. The first-order chi connectivity index (χ1) is 10.2. The first kappa shape index (κ1) is 15.3. The van der Waals surface area contributed by atoms with E-state index in [0.29, 0.717) is 12.2 Å². The Bertz CT molecular complexity index is 609. The topological polar surface area (TPSA) is 64.2 Å². The fourth-order valence-electron chi connectivity index (χ4n) is 2.28. The molecule has 2 aromatic heterocycles. The van der Waals surface area contributed by atoms with Gasteiger partial charge >= 0.3 is 0 Å². The molecule has 0 fully saturated rings. The number of nitrogens with zero attached hydrogens (tertiary/aromatic N) is 3. The Morgan fingerprint density at radius 3 is 2.71 bits per heavy atom. The molecule has 0 bridgehead atoms. The molecule has 0 saturated heterocycles. The maximum Gasteiger partial charge on any atom is 0.250 e. The Balaban J connectivity index is 1.86. The van der Waals surface area contributed by atoms with Crippen LogP contribution in [0.2, 0.25) is 0 Å². The van der Waals surface area contributed by atoms with Crippen molar-refractivity contribution in [2.45, 2.75) is 26.4 Å². The van der Waals surface area contributed by atoms with E-state index in [1.807, 2.05) is 24.5 Å². The van der Waals surface area contributed by atoms with E-state index < -0.39 is 0 Å². The molecule has 0 aliphatic rings. The summed E-state index contributed by atoms with van der Waals surface area (Å²) in [4.78, 5) is 18.1. The highest BCUT2D eigenvalue weighted by atomic mass is 16.1. The Hall–Kier alpha value is -2.14. The zero-order valence-corrected chi connectivity index (χ0v) is 12.4. The SMILES string of the molecule is CCN(CCCn1cc(N)ccc1=O)Cc1ccncc1. The van der Waals surface area contributed by atoms with Gasteiger partial charge in [-0.1, -0.05) is 6.92 Å². The van der Waals surface area contributed by atoms with Crippen molar-refractivity contribution in [1.29, 1.82) is 0 Å². The molecule has 0 aliphatic heterocycles. The van der Waals surface area contributed by atoms with Crippen LogP contribution in [-0.4, -0.2) is 27.5 Å². The van der Waals surface area contributed by atoms with Crippen LogP contribution in [-0.2, 0) is 13.1 Å². The molecule has 0 amide bonds. The number of hydrogen-bond donors (Lipinski definition) is 1. The average Bonchev–Trinajstić information content (AvgIpc) is 2.50. The van der Waals surface area contributed by atoms with Gasteiger partial charge in [-0.3, -0.25) is 14.7 Å². The van der Waals surface area contributed by atoms with E-state index in [2.05, 4.69) is 16.8 Å². The van der Waals surface area contributed by atoms with Crippen molar-refractivity contribution in [3.05, 3.63) is 58.8 Å². The van der Waals surface area contributed by atoms with Gasteiger partial charge in [0.25, 0.3) is 5.56 Å². The molecule has 0 aliphatic carbocycles. The van der Waals surface area contributed by atoms with E-state index in [0.717, 1.165) is 26.1 Å². The zero-order chi connectivity index (χ0) is 15.1. The number of hydrogen-bond acceptors (Lipinski definition) is 4. The van der Waals surface area contributed by atoms with Gasteiger partial charge in [0.05, 0.1) is 0 Å². The van der Waals surface area contributed by atoms with Gasteiger partial charge in [0.15, 0.2) is 0 Å². The van der Waals surface area contributed by atoms with E-state index in [4.69, 9.17) is 5.73 Å². The number of anilines is 1. The van der Waals surface area contributed by atoms with Crippen molar-refractivity contribution in [2.75, 3.05) is 18.8 Å². The largest absolute Gasteiger partial charge is 0.398 e. The highest BCUT2D eigenvalue weighted by molar-refractivity contribution is 5.33. The number of nitrogens with two attached hydrogens (primary N) is 1. The summed E-state index contributed by atoms with van der Waals surface area (Å²) < 4.78 is 1.68. The second-order valence-corrected chi connectivity index (χ2v) is 5.07. The third-order valence-electron chi connectivity index (χ3n) is 3.48. The summed E-state index contributed by atoms with van der Waals surface area (Å²) in [6.07, 6.45) is 6.26. The number of nitrogen functional groups attached to an aromatic ring is 1. The van der Waals surface area contributed by atoms with Crippen LogP contribution in [0.1, 0.15) is 18.9 Å². The van der Waals surface area contributed by atoms with Gasteiger partial charge in [-0.15, -0.1) is 0 Å². The summed E-state index contributed by atoms with van der Waals surface area (Å²) in [6, 6.07) is 7.22. The van der Waals surface area contributed by atoms with Crippen molar-refractivity contribution in [3.63, 3.8) is 0 Å². The third kappa shape index (κ3) is 4.72. The van der Waals surface area contributed by atoms with Crippen LogP contribution < -0.4 is 11.3 Å². The van der Waals surface area contributed by atoms with Gasteiger partial charge in [0.1, 0.15) is 0 Å². The van der Waals surface area contributed by atoms with Crippen LogP contribution in [0.3, 0.4) is 0 Å². The maximum absolute atomic E-state index is 11.7. The first-order valence-electron chi connectivity index (χ1n) is 7.26. The Morgan fingerprint density at radius 2 is 2.00 bits per heavy atom. The summed E-state index contributed by atoms with van der Waals surface area (Å²) in [5, 5.41) is 0. The number of pyridine rings is 2. The maximum atomic E-state index is 11.7. The van der Waals surface area contributed by atoms with Crippen LogP contribution in [0.15, 0.2) is 47.7 Å². The van der Waals surface area contributed by atoms with Gasteiger partial charge in [0.2, 0.25) is 0 Å². The molecular formula is C16H22N4O. The van der Waals surface area contributed by atoms with E-state index in [9.17, 15) is 4.79 Å². The van der Waals surface area contributed by atoms with E-state index >= 15 is 0 Å². The summed E-state index contributed by atoms with van der Waals surface area (Å²) in [5.41, 5.74) is 7.59. The molecular weight excluding hydrogens is 264 g/mol. The van der Waals surface area contributed by atoms with Crippen molar-refractivity contribution >= 4 is 5.69 Å². The van der Waals surface area contributed by atoms with Crippen molar-refractivity contribution in [2.24, 2.45) is 0 Å². The number of aryl methyl sites for hydroxylation is 1. The van der Waals surface area contributed by atoms with Crippen LogP contribution in [0.4, 0.5) is 5.69 Å². The fraction of sp³-hybridized carbons (Fsp3) is 0.375. The highest BCUT2D eigenvalue weighted by Crippen LogP contribution is 2.04. The van der Waals surface area contributed by atoms with E-state index in [1.54, 1.807) is 16.8 Å². The summed E-state index contributed by atoms with van der Waals surface area (Å²) in [5.74, 6) is 0. The minimum Gasteiger partial charge on any atom is -0.398 e. The molecule has 0 atom stereocenters. The van der Waals surface area contributed by atoms with Gasteiger partial charge in [-0.2, -0.15) is 0 Å². The van der Waals surface area contributed by atoms with Crippen molar-refractivity contribution in [1.82, 2.24) is 14.5 Å². The molecule has 2 rings (SSSR count). The summed E-state index contributed by atoms with van der Waals surface area (Å²) >= 11 is 0. The number of rotatable bonds is 7. The van der Waals surface area contributed by atoms with Crippen LogP contribution in [0.5, 0.6) is 0 Å². The molecule has 2 N–H and O–H groups in total. The van der Waals surface area contributed by atoms with Gasteiger partial charge in [0, 0.05) is 50.0 Å². The van der Waals surface area contributed by atoms with Gasteiger partial charge < -0.3 is 10.3 Å². The highest BCUT2D eigenvalue weighted by Gasteiger charge is 2.04. The Labute approximate surface area is 125 Å². The molecule has 112 valence electrons. The monoisotopic (exact) mass is 286 g/mol. The van der Waals surface area contributed by atoms with E-state index in [-0.39, 0.29) is 5.56 Å². The number of aromatic nitrogens is 2. The smallest absolute Gasteiger partial charge is 0.250 e. The van der Waals surface area contributed by atoms with Crippen molar-refractivity contribution < 1.29 is 0 Å². The second kappa shape index (κ2) is 7.59. The summed E-state index contributed by atoms with van der Waals surface area (Å²) in [6.45, 7) is 5.67. The first-order valence-corrected chi connectivity index (χ1v) is 7.26. The molecule has 2 aromatic rings. The lowest BCUT2D eigenvalue weighted by Crippen LogP contribution is -2.26.